The Hall–Kier alpha value is -3.26. The molecule has 0 aliphatic heterocycles. The minimum Gasteiger partial charge on any atom is -0.453 e. The number of amides is 1. The normalized spacial score (nSPS) is 11.9. The van der Waals surface area contributed by atoms with Gasteiger partial charge in [0, 0.05) is 18.0 Å². The highest BCUT2D eigenvalue weighted by atomic mass is 35.5. The van der Waals surface area contributed by atoms with Crippen LogP contribution in [0.1, 0.15) is 38.8 Å². The molecule has 1 amide bonds. The Bertz CT molecular complexity index is 1230. The van der Waals surface area contributed by atoms with Crippen LogP contribution < -0.4 is 10.9 Å². The molecule has 2 aromatic carbocycles. The number of hydrogen-bond donors (Lipinski definition) is 1. The largest absolute Gasteiger partial charge is 0.453 e. The first-order chi connectivity index (χ1) is 15.8. The van der Waals surface area contributed by atoms with Crippen LogP contribution in [0.4, 0.5) is 10.1 Å². The van der Waals surface area contributed by atoms with Crippen molar-refractivity contribution < 1.29 is 18.7 Å². The topological polar surface area (TPSA) is 90.3 Å². The molecule has 9 heteroatoms. The van der Waals surface area contributed by atoms with E-state index in [9.17, 15) is 18.8 Å². The third-order valence-corrected chi connectivity index (χ3v) is 5.32. The maximum atomic E-state index is 13.9. The molecule has 1 heterocycles. The van der Waals surface area contributed by atoms with Crippen LogP contribution in [0.15, 0.2) is 47.3 Å². The van der Waals surface area contributed by atoms with Crippen LogP contribution in [0.3, 0.4) is 0 Å². The fraction of sp³-hybridized carbons (Fsp3) is 0.333. The highest BCUT2D eigenvalue weighted by Gasteiger charge is 2.20. The lowest BCUT2D eigenvalue weighted by atomic mass is 10.2. The molecular formula is C24H25ClFN3O4. The molecule has 1 N–H and O–H groups in total. The Morgan fingerprint density at radius 2 is 2.00 bits per heavy atom. The van der Waals surface area contributed by atoms with Gasteiger partial charge in [-0.3, -0.25) is 14.4 Å². The highest BCUT2D eigenvalue weighted by molar-refractivity contribution is 6.30. The van der Waals surface area contributed by atoms with E-state index in [1.165, 1.54) is 19.1 Å². The molecule has 0 radical (unpaired) electrons. The Kier molecular flexibility index (Phi) is 8.16. The van der Waals surface area contributed by atoms with E-state index in [4.69, 9.17) is 16.3 Å². The first kappa shape index (κ1) is 24.4. The highest BCUT2D eigenvalue weighted by Crippen LogP contribution is 2.19. The second-order valence-corrected chi connectivity index (χ2v) is 8.04. The van der Waals surface area contributed by atoms with Crippen LogP contribution in [0.5, 0.6) is 0 Å². The van der Waals surface area contributed by atoms with Gasteiger partial charge in [-0.15, -0.1) is 0 Å². The lowest BCUT2D eigenvalue weighted by Gasteiger charge is -2.14. The summed E-state index contributed by atoms with van der Waals surface area (Å²) in [6.45, 7) is 3.99. The molecule has 174 valence electrons. The van der Waals surface area contributed by atoms with Gasteiger partial charge in [0.05, 0.1) is 23.1 Å². The third-order valence-electron chi connectivity index (χ3n) is 5.09. The molecule has 0 aliphatic carbocycles. The van der Waals surface area contributed by atoms with Gasteiger partial charge in [-0.25, -0.2) is 9.37 Å². The van der Waals surface area contributed by atoms with Gasteiger partial charge in [0.2, 0.25) is 0 Å². The Labute approximate surface area is 195 Å². The third kappa shape index (κ3) is 6.16. The monoisotopic (exact) mass is 473 g/mol. The summed E-state index contributed by atoms with van der Waals surface area (Å²) < 4.78 is 20.7. The summed E-state index contributed by atoms with van der Waals surface area (Å²) in [5.41, 5.74) is 1.39. The molecule has 0 aliphatic rings. The van der Waals surface area contributed by atoms with Crippen molar-refractivity contribution in [3.05, 3.63) is 69.4 Å². The van der Waals surface area contributed by atoms with Gasteiger partial charge < -0.3 is 14.6 Å². The number of esters is 1. The van der Waals surface area contributed by atoms with Crippen LogP contribution in [-0.4, -0.2) is 27.5 Å². The minimum absolute atomic E-state index is 0.0692. The molecule has 3 rings (SSSR count). The summed E-state index contributed by atoms with van der Waals surface area (Å²) in [6.07, 6.45) is 0.579. The van der Waals surface area contributed by atoms with E-state index in [0.717, 1.165) is 24.4 Å². The summed E-state index contributed by atoms with van der Waals surface area (Å²) in [6, 6.07) is 11.2. The molecule has 0 spiro atoms. The Morgan fingerprint density at radius 1 is 1.24 bits per heavy atom. The number of rotatable bonds is 9. The van der Waals surface area contributed by atoms with E-state index in [2.05, 4.69) is 10.3 Å². The van der Waals surface area contributed by atoms with Gasteiger partial charge in [-0.05, 0) is 43.7 Å². The minimum atomic E-state index is -1.15. The second-order valence-electron chi connectivity index (χ2n) is 7.60. The Morgan fingerprint density at radius 3 is 2.73 bits per heavy atom. The molecule has 33 heavy (non-hydrogen) atoms. The summed E-state index contributed by atoms with van der Waals surface area (Å²) in [4.78, 5) is 41.9. The van der Waals surface area contributed by atoms with E-state index in [1.807, 2.05) is 31.2 Å². The number of aryl methyl sites for hydroxylation is 2. The van der Waals surface area contributed by atoms with Gasteiger partial charge in [0.15, 0.2) is 6.10 Å². The van der Waals surface area contributed by atoms with Crippen molar-refractivity contribution in [2.24, 2.45) is 0 Å². The zero-order valence-corrected chi connectivity index (χ0v) is 19.2. The quantitative estimate of drug-likeness (QED) is 0.462. The molecule has 1 unspecified atom stereocenters. The van der Waals surface area contributed by atoms with Crippen LogP contribution in [0.2, 0.25) is 5.02 Å². The fourth-order valence-corrected chi connectivity index (χ4v) is 3.46. The molecule has 0 saturated carbocycles. The molecule has 1 aromatic heterocycles. The van der Waals surface area contributed by atoms with Gasteiger partial charge in [0.1, 0.15) is 11.5 Å². The number of fused-ring (bicyclic) bond motifs is 1. The van der Waals surface area contributed by atoms with Gasteiger partial charge in [-0.1, -0.05) is 37.1 Å². The predicted octanol–water partition coefficient (Wildman–Crippen LogP) is 4.49. The molecule has 0 saturated heterocycles. The van der Waals surface area contributed by atoms with Crippen LogP contribution in [-0.2, 0) is 27.3 Å². The first-order valence-electron chi connectivity index (χ1n) is 10.7. The van der Waals surface area contributed by atoms with E-state index in [-0.39, 0.29) is 34.8 Å². The van der Waals surface area contributed by atoms with E-state index in [1.54, 1.807) is 4.57 Å². The molecule has 0 fully saturated rings. The van der Waals surface area contributed by atoms with Crippen molar-refractivity contribution in [2.75, 3.05) is 5.32 Å². The predicted molar refractivity (Wildman–Crippen MR) is 125 cm³/mol. The number of nitrogens with one attached hydrogen (secondary N) is 1. The molecule has 7 nitrogen and oxygen atoms in total. The summed E-state index contributed by atoms with van der Waals surface area (Å²) >= 11 is 5.70. The van der Waals surface area contributed by atoms with Crippen LogP contribution in [0.25, 0.3) is 11.0 Å². The lowest BCUT2D eigenvalue weighted by molar-refractivity contribution is -0.153. The summed E-state index contributed by atoms with van der Waals surface area (Å²) in [7, 11) is 0. The number of aromatic nitrogens is 2. The number of benzene rings is 2. The van der Waals surface area contributed by atoms with Crippen molar-refractivity contribution in [3.8, 4) is 0 Å². The smallest absolute Gasteiger partial charge is 0.306 e. The average Bonchev–Trinajstić information content (AvgIpc) is 2.79. The maximum absolute atomic E-state index is 13.9. The van der Waals surface area contributed by atoms with Gasteiger partial charge in [-0.2, -0.15) is 0 Å². The van der Waals surface area contributed by atoms with Gasteiger partial charge >= 0.3 is 5.97 Å². The van der Waals surface area contributed by atoms with Gasteiger partial charge in [0.25, 0.3) is 11.5 Å². The van der Waals surface area contributed by atoms with E-state index in [0.29, 0.717) is 12.1 Å². The molecule has 0 bridgehead atoms. The van der Waals surface area contributed by atoms with Crippen molar-refractivity contribution in [1.29, 1.82) is 0 Å². The second kappa shape index (κ2) is 11.0. The average molecular weight is 474 g/mol. The fourth-order valence-electron chi connectivity index (χ4n) is 3.30. The zero-order chi connectivity index (χ0) is 24.0. The number of anilines is 1. The zero-order valence-electron chi connectivity index (χ0n) is 18.4. The van der Waals surface area contributed by atoms with E-state index >= 15 is 0 Å². The number of nitrogens with zero attached hydrogens (tertiary/aromatic N) is 2. The number of para-hydroxylation sites is 2. The van der Waals surface area contributed by atoms with E-state index < -0.39 is 23.8 Å². The molecular weight excluding hydrogens is 449 g/mol. The van der Waals surface area contributed by atoms with Crippen LogP contribution >= 0.6 is 11.6 Å². The SMILES string of the molecule is CCCCn1c(=O)c(CCC(=O)OC(C)C(=O)Nc2ccc(Cl)cc2F)nc2ccccc21. The number of halogens is 2. The Balaban J connectivity index is 1.64. The lowest BCUT2D eigenvalue weighted by Crippen LogP contribution is -2.31. The number of carbonyl (C=O) groups excluding carboxylic acids is 2. The number of hydrogen-bond acceptors (Lipinski definition) is 5. The summed E-state index contributed by atoms with van der Waals surface area (Å²) in [5, 5.41) is 2.55. The van der Waals surface area contributed by atoms with Crippen molar-refractivity contribution in [2.45, 2.75) is 52.2 Å². The van der Waals surface area contributed by atoms with Crippen molar-refractivity contribution in [3.63, 3.8) is 0 Å². The van der Waals surface area contributed by atoms with Crippen LogP contribution in [0, 0.1) is 5.82 Å². The number of carbonyl (C=O) groups is 2. The van der Waals surface area contributed by atoms with Crippen molar-refractivity contribution >= 4 is 40.2 Å². The molecule has 1 atom stereocenters. The maximum Gasteiger partial charge on any atom is 0.306 e. The molecule has 3 aromatic rings. The number of unbranched alkanes of at least 4 members (excludes halogenated alkanes) is 1. The summed E-state index contributed by atoms with van der Waals surface area (Å²) in [5.74, 6) is -2.05. The van der Waals surface area contributed by atoms with Crippen molar-refractivity contribution in [1.82, 2.24) is 9.55 Å². The first-order valence-corrected chi connectivity index (χ1v) is 11.1. The standard InChI is InChI=1S/C24H25ClFN3O4/c1-3-4-13-29-21-8-6-5-7-19(21)27-20(24(29)32)11-12-22(30)33-15(2)23(31)28-18-10-9-16(25)14-17(18)26/h5-10,14-15H,3-4,11-13H2,1-2H3,(H,28,31). The number of ether oxygens (including phenoxy) is 1.